The fraction of sp³-hybridized carbons (Fsp3) is 1.00. The molecule has 42 valence electrons. The predicted octanol–water partition coefficient (Wildman–Crippen LogP) is -0.113. The summed E-state index contributed by atoms with van der Waals surface area (Å²) in [6.45, 7) is 2.49. The van der Waals surface area contributed by atoms with Gasteiger partial charge in [-0.05, 0) is 12.8 Å². The molecule has 0 spiro atoms. The van der Waals surface area contributed by atoms with Crippen LogP contribution in [0.5, 0.6) is 0 Å². The molecule has 0 radical (unpaired) electrons. The first-order valence-electron chi connectivity index (χ1n) is 2.60. The van der Waals surface area contributed by atoms with E-state index < -0.39 is 0 Å². The van der Waals surface area contributed by atoms with Gasteiger partial charge >= 0.3 is 0 Å². The van der Waals surface area contributed by atoms with Crippen molar-refractivity contribution >= 4 is 12.1 Å². The Morgan fingerprint density at radius 1 is 1.29 bits per heavy atom. The molecule has 0 atom stereocenters. The monoisotopic (exact) mass is 119 g/mol. The molecular formula is C4H11N2S+. The smallest absolute Gasteiger partial charge is 0.164 e. The lowest BCUT2D eigenvalue weighted by molar-refractivity contribution is -0.144. The zero-order chi connectivity index (χ0) is 5.11. The maximum atomic E-state index is 3.71. The van der Waals surface area contributed by atoms with E-state index in [0.29, 0.717) is 0 Å². The second-order valence-corrected chi connectivity index (χ2v) is 2.54. The third kappa shape index (κ3) is 1.33. The zero-order valence-electron chi connectivity index (χ0n) is 4.39. The molecule has 0 bridgehead atoms. The number of rotatable bonds is 1. The molecule has 0 aromatic carbocycles. The van der Waals surface area contributed by atoms with Crippen molar-refractivity contribution in [2.45, 2.75) is 12.8 Å². The Labute approximate surface area is 48.3 Å². The lowest BCUT2D eigenvalue weighted by Crippen LogP contribution is -2.42. The zero-order valence-corrected chi connectivity index (χ0v) is 5.21. The molecule has 3 heteroatoms. The molecular weight excluding hydrogens is 108 g/mol. The third-order valence-electron chi connectivity index (χ3n) is 1.25. The second-order valence-electron chi connectivity index (χ2n) is 1.77. The molecule has 0 amide bonds. The van der Waals surface area contributed by atoms with Gasteiger partial charge in [0.15, 0.2) is 12.1 Å². The van der Waals surface area contributed by atoms with Gasteiger partial charge in [-0.3, -0.25) is 5.14 Å². The van der Waals surface area contributed by atoms with E-state index in [1.165, 1.54) is 25.9 Å². The molecule has 0 aromatic heterocycles. The van der Waals surface area contributed by atoms with Crippen LogP contribution >= 0.6 is 12.1 Å². The van der Waals surface area contributed by atoms with Crippen molar-refractivity contribution in [3.63, 3.8) is 0 Å². The maximum Gasteiger partial charge on any atom is 0.164 e. The van der Waals surface area contributed by atoms with Gasteiger partial charge in [0.2, 0.25) is 0 Å². The molecule has 1 saturated heterocycles. The molecule has 7 heavy (non-hydrogen) atoms. The molecule has 1 fully saturated rings. The summed E-state index contributed by atoms with van der Waals surface area (Å²) in [5.41, 5.74) is 0. The molecule has 1 aliphatic rings. The summed E-state index contributed by atoms with van der Waals surface area (Å²) < 4.78 is 2.29. The van der Waals surface area contributed by atoms with Crippen LogP contribution < -0.4 is 5.14 Å². The Morgan fingerprint density at radius 3 is 2.14 bits per heavy atom. The van der Waals surface area contributed by atoms with Crippen molar-refractivity contribution in [3.8, 4) is 0 Å². The van der Waals surface area contributed by atoms with Crippen LogP contribution in [0.3, 0.4) is 0 Å². The molecule has 0 aliphatic carbocycles. The Balaban J connectivity index is 2.14. The standard InChI is InChI=1S/C4H10N2S/c5-7-6-3-1-2-4-6/h1-5H2/p+1. The average molecular weight is 119 g/mol. The number of quaternary nitrogens is 1. The lowest BCUT2D eigenvalue weighted by Gasteiger charge is -2.01. The minimum absolute atomic E-state index is 1.24. The SMILES string of the molecule is [NH3+]SN1CCCC1. The molecule has 0 saturated carbocycles. The molecule has 1 heterocycles. The van der Waals surface area contributed by atoms with Gasteiger partial charge in [-0.15, -0.1) is 0 Å². The Kier molecular flexibility index (Phi) is 1.97. The number of hydrogen-bond donors (Lipinski definition) is 1. The van der Waals surface area contributed by atoms with Crippen LogP contribution in [0.2, 0.25) is 0 Å². The van der Waals surface area contributed by atoms with E-state index in [-0.39, 0.29) is 0 Å². The van der Waals surface area contributed by atoms with Crippen molar-refractivity contribution < 1.29 is 5.14 Å². The quantitative estimate of drug-likeness (QED) is 0.488. The summed E-state index contributed by atoms with van der Waals surface area (Å²) in [5, 5.41) is 3.71. The van der Waals surface area contributed by atoms with E-state index in [2.05, 4.69) is 9.44 Å². The summed E-state index contributed by atoms with van der Waals surface area (Å²) in [6, 6.07) is 0. The van der Waals surface area contributed by atoms with Gasteiger partial charge in [-0.25, -0.2) is 4.31 Å². The topological polar surface area (TPSA) is 30.9 Å². The third-order valence-corrected chi connectivity index (χ3v) is 1.98. The van der Waals surface area contributed by atoms with Crippen LogP contribution in [0, 0.1) is 0 Å². The molecule has 0 unspecified atom stereocenters. The molecule has 1 aliphatic heterocycles. The normalized spacial score (nSPS) is 23.6. The summed E-state index contributed by atoms with van der Waals surface area (Å²) in [6.07, 6.45) is 2.73. The molecule has 0 aromatic rings. The maximum absolute atomic E-state index is 3.71. The molecule has 3 N–H and O–H groups in total. The first-order chi connectivity index (χ1) is 3.43. The van der Waals surface area contributed by atoms with Crippen molar-refractivity contribution in [3.05, 3.63) is 0 Å². The average Bonchev–Trinajstić information content (AvgIpc) is 2.14. The Morgan fingerprint density at radius 2 is 1.86 bits per heavy atom. The largest absolute Gasteiger partial charge is 0.281 e. The van der Waals surface area contributed by atoms with Crippen LogP contribution in [0.25, 0.3) is 0 Å². The van der Waals surface area contributed by atoms with Crippen LogP contribution in [0.4, 0.5) is 0 Å². The van der Waals surface area contributed by atoms with Gasteiger partial charge in [0.05, 0.1) is 0 Å². The van der Waals surface area contributed by atoms with Crippen LogP contribution in [0.15, 0.2) is 0 Å². The highest BCUT2D eigenvalue weighted by Gasteiger charge is 2.11. The van der Waals surface area contributed by atoms with Gasteiger partial charge in [0, 0.05) is 13.1 Å². The first-order valence-corrected chi connectivity index (χ1v) is 3.55. The van der Waals surface area contributed by atoms with Crippen LogP contribution in [-0.4, -0.2) is 17.4 Å². The second kappa shape index (κ2) is 2.55. The first kappa shape index (κ1) is 5.41. The predicted molar refractivity (Wildman–Crippen MR) is 31.3 cm³/mol. The van der Waals surface area contributed by atoms with Crippen molar-refractivity contribution in [2.75, 3.05) is 13.1 Å². The van der Waals surface area contributed by atoms with Gasteiger partial charge in [-0.2, -0.15) is 0 Å². The van der Waals surface area contributed by atoms with E-state index >= 15 is 0 Å². The van der Waals surface area contributed by atoms with Crippen molar-refractivity contribution in [1.29, 1.82) is 0 Å². The van der Waals surface area contributed by atoms with Gasteiger partial charge in [0.1, 0.15) is 0 Å². The van der Waals surface area contributed by atoms with Crippen LogP contribution in [0.1, 0.15) is 12.8 Å². The summed E-state index contributed by atoms with van der Waals surface area (Å²) in [4.78, 5) is 0. The highest BCUT2D eigenvalue weighted by Crippen LogP contribution is 2.10. The number of nitrogens with zero attached hydrogens (tertiary/aromatic N) is 1. The highest BCUT2D eigenvalue weighted by molar-refractivity contribution is 7.89. The summed E-state index contributed by atoms with van der Waals surface area (Å²) in [5.74, 6) is 0. The van der Waals surface area contributed by atoms with Crippen LogP contribution in [-0.2, 0) is 0 Å². The Bertz CT molecular complexity index is 51.7. The van der Waals surface area contributed by atoms with Crippen molar-refractivity contribution in [2.24, 2.45) is 0 Å². The van der Waals surface area contributed by atoms with E-state index in [9.17, 15) is 0 Å². The minimum atomic E-state index is 1.24. The summed E-state index contributed by atoms with van der Waals surface area (Å²) >= 11 is 1.62. The van der Waals surface area contributed by atoms with Gasteiger partial charge < -0.3 is 0 Å². The van der Waals surface area contributed by atoms with Gasteiger partial charge in [0.25, 0.3) is 0 Å². The fourth-order valence-electron chi connectivity index (χ4n) is 0.817. The van der Waals surface area contributed by atoms with E-state index in [1.807, 2.05) is 0 Å². The van der Waals surface area contributed by atoms with E-state index in [4.69, 9.17) is 0 Å². The molecule has 1 rings (SSSR count). The number of hydrogen-bond acceptors (Lipinski definition) is 2. The highest BCUT2D eigenvalue weighted by atomic mass is 32.2. The molecule has 2 nitrogen and oxygen atoms in total. The van der Waals surface area contributed by atoms with Crippen molar-refractivity contribution in [1.82, 2.24) is 4.31 Å². The van der Waals surface area contributed by atoms with Gasteiger partial charge in [-0.1, -0.05) is 0 Å². The fourth-order valence-corrected chi connectivity index (χ4v) is 1.33. The summed E-state index contributed by atoms with van der Waals surface area (Å²) in [7, 11) is 0. The van der Waals surface area contributed by atoms with E-state index in [1.54, 1.807) is 12.1 Å². The van der Waals surface area contributed by atoms with E-state index in [0.717, 1.165) is 0 Å². The lowest BCUT2D eigenvalue weighted by atomic mass is 10.4. The Hall–Kier alpha value is 0.270. The minimum Gasteiger partial charge on any atom is -0.281 e.